The van der Waals surface area contributed by atoms with Crippen LogP contribution in [-0.4, -0.2) is 52.8 Å². The van der Waals surface area contributed by atoms with Crippen LogP contribution >= 0.6 is 10.7 Å². The monoisotopic (exact) mass is 338 g/mol. The number of carbonyl (C=O) groups excluding carboxylic acids is 1. The van der Waals surface area contributed by atoms with Crippen LogP contribution < -0.4 is 5.32 Å². The minimum absolute atomic E-state index is 0.124. The third-order valence-electron chi connectivity index (χ3n) is 2.62. The van der Waals surface area contributed by atoms with Crippen molar-refractivity contribution in [2.45, 2.75) is 17.7 Å². The van der Waals surface area contributed by atoms with Crippen LogP contribution in [0.4, 0.5) is 0 Å². The molecule has 0 aromatic carbocycles. The Kier molecular flexibility index (Phi) is 7.73. The van der Waals surface area contributed by atoms with Crippen LogP contribution in [-0.2, 0) is 18.5 Å². The van der Waals surface area contributed by atoms with Gasteiger partial charge in [-0.3, -0.25) is 4.79 Å². The summed E-state index contributed by atoms with van der Waals surface area (Å²) in [5.41, 5.74) is 0.158. The highest BCUT2D eigenvalue weighted by atomic mass is 35.7. The van der Waals surface area contributed by atoms with Gasteiger partial charge in [0, 0.05) is 37.1 Å². The summed E-state index contributed by atoms with van der Waals surface area (Å²) in [6, 6.07) is 1.20. The van der Waals surface area contributed by atoms with Crippen LogP contribution in [0.5, 0.6) is 0 Å². The summed E-state index contributed by atoms with van der Waals surface area (Å²) in [7, 11) is 2.96. The third-order valence-corrected chi connectivity index (χ3v) is 3.95. The van der Waals surface area contributed by atoms with E-state index in [2.05, 4.69) is 10.3 Å². The average molecular weight is 339 g/mol. The van der Waals surface area contributed by atoms with Crippen LogP contribution in [0, 0.1) is 0 Å². The Morgan fingerprint density at radius 1 is 1.33 bits per heavy atom. The van der Waals surface area contributed by atoms with Crippen molar-refractivity contribution in [3.63, 3.8) is 0 Å². The Bertz CT molecular complexity index is 544. The number of methoxy groups -OCH3 is 1. The largest absolute Gasteiger partial charge is 0.382 e. The van der Waals surface area contributed by atoms with E-state index >= 15 is 0 Å². The molecule has 0 unspecified atom stereocenters. The zero-order chi connectivity index (χ0) is 15.7. The molecule has 0 fully saturated rings. The van der Waals surface area contributed by atoms with Gasteiger partial charge in [0.05, 0.1) is 13.2 Å². The topological polar surface area (TPSA) is 97.5 Å². The Labute approximate surface area is 128 Å². The second kappa shape index (κ2) is 9.04. The normalized spacial score (nSPS) is 11.5. The van der Waals surface area contributed by atoms with Gasteiger partial charge in [-0.25, -0.2) is 8.42 Å². The molecule has 0 spiro atoms. The van der Waals surface area contributed by atoms with E-state index in [9.17, 15) is 13.2 Å². The van der Waals surface area contributed by atoms with E-state index < -0.39 is 9.05 Å². The number of H-pyrrole nitrogens is 1. The van der Waals surface area contributed by atoms with E-state index in [1.54, 1.807) is 7.11 Å². The molecular weight excluding hydrogens is 320 g/mol. The van der Waals surface area contributed by atoms with Gasteiger partial charge in [-0.05, 0) is 18.9 Å². The van der Waals surface area contributed by atoms with Crippen molar-refractivity contribution < 1.29 is 22.7 Å². The van der Waals surface area contributed by atoms with E-state index in [1.807, 2.05) is 0 Å². The van der Waals surface area contributed by atoms with Gasteiger partial charge in [0.25, 0.3) is 15.0 Å². The molecule has 0 aliphatic rings. The standard InChI is InChI=1S/C12H19ClN2O5S/c1-19-6-7-20-5-3-2-4-14-12(16)11-8-10(9-15-11)21(13,17)18/h8-9,15H,2-7H2,1H3,(H,14,16). The summed E-state index contributed by atoms with van der Waals surface area (Å²) in [5.74, 6) is -0.373. The van der Waals surface area contributed by atoms with Gasteiger partial charge in [0.15, 0.2) is 0 Å². The van der Waals surface area contributed by atoms with Crippen molar-refractivity contribution in [1.82, 2.24) is 10.3 Å². The molecule has 2 N–H and O–H groups in total. The lowest BCUT2D eigenvalue weighted by molar-refractivity contribution is 0.0686. The zero-order valence-electron chi connectivity index (χ0n) is 11.7. The molecule has 7 nitrogen and oxygen atoms in total. The molecule has 0 saturated carbocycles. The molecule has 21 heavy (non-hydrogen) atoms. The van der Waals surface area contributed by atoms with Gasteiger partial charge in [-0.2, -0.15) is 0 Å². The molecule has 1 aromatic rings. The molecule has 0 saturated heterocycles. The number of halogens is 1. The number of aromatic amines is 1. The van der Waals surface area contributed by atoms with Gasteiger partial charge in [0.2, 0.25) is 0 Å². The first-order chi connectivity index (χ1) is 9.95. The van der Waals surface area contributed by atoms with Crippen LogP contribution in [0.25, 0.3) is 0 Å². The zero-order valence-corrected chi connectivity index (χ0v) is 13.3. The predicted octanol–water partition coefficient (Wildman–Crippen LogP) is 1.12. The number of carbonyl (C=O) groups is 1. The summed E-state index contributed by atoms with van der Waals surface area (Å²) < 4.78 is 32.3. The highest BCUT2D eigenvalue weighted by Crippen LogP contribution is 2.15. The van der Waals surface area contributed by atoms with Crippen LogP contribution in [0.1, 0.15) is 23.3 Å². The summed E-state index contributed by atoms with van der Waals surface area (Å²) in [6.07, 6.45) is 2.76. The predicted molar refractivity (Wildman–Crippen MR) is 78.1 cm³/mol. The number of ether oxygens (including phenoxy) is 2. The Morgan fingerprint density at radius 3 is 2.71 bits per heavy atom. The fourth-order valence-corrected chi connectivity index (χ4v) is 2.24. The number of nitrogens with one attached hydrogen (secondary N) is 2. The molecule has 0 aliphatic heterocycles. The first-order valence-electron chi connectivity index (χ1n) is 6.43. The maximum Gasteiger partial charge on any atom is 0.267 e. The lowest BCUT2D eigenvalue weighted by Gasteiger charge is -2.05. The van der Waals surface area contributed by atoms with Gasteiger partial charge >= 0.3 is 0 Å². The number of hydrogen-bond acceptors (Lipinski definition) is 5. The van der Waals surface area contributed by atoms with Crippen molar-refractivity contribution in [2.75, 3.05) is 33.5 Å². The molecule has 0 radical (unpaired) electrons. The Balaban J connectivity index is 2.21. The van der Waals surface area contributed by atoms with E-state index in [4.69, 9.17) is 20.2 Å². The fraction of sp³-hybridized carbons (Fsp3) is 0.583. The van der Waals surface area contributed by atoms with Gasteiger partial charge in [-0.1, -0.05) is 0 Å². The third kappa shape index (κ3) is 6.94. The number of hydrogen-bond donors (Lipinski definition) is 2. The number of aromatic nitrogens is 1. The van der Waals surface area contributed by atoms with E-state index in [0.717, 1.165) is 12.8 Å². The Morgan fingerprint density at radius 2 is 2.10 bits per heavy atom. The first-order valence-corrected chi connectivity index (χ1v) is 8.74. The molecule has 1 amide bonds. The molecule has 0 bridgehead atoms. The van der Waals surface area contributed by atoms with Crippen molar-refractivity contribution in [1.29, 1.82) is 0 Å². The molecule has 0 aliphatic carbocycles. The summed E-state index contributed by atoms with van der Waals surface area (Å²) in [5, 5.41) is 2.68. The van der Waals surface area contributed by atoms with E-state index in [-0.39, 0.29) is 16.5 Å². The average Bonchev–Trinajstić information content (AvgIpc) is 2.91. The van der Waals surface area contributed by atoms with E-state index in [1.165, 1.54) is 12.3 Å². The number of unbranched alkanes of at least 4 members (excludes halogenated alkanes) is 1. The maximum absolute atomic E-state index is 11.7. The summed E-state index contributed by atoms with van der Waals surface area (Å²) in [4.78, 5) is 14.2. The highest BCUT2D eigenvalue weighted by molar-refractivity contribution is 8.13. The second-order valence-electron chi connectivity index (χ2n) is 4.26. The van der Waals surface area contributed by atoms with E-state index in [0.29, 0.717) is 26.4 Å². The highest BCUT2D eigenvalue weighted by Gasteiger charge is 2.15. The molecule has 0 atom stereocenters. The molecule has 1 rings (SSSR count). The minimum Gasteiger partial charge on any atom is -0.382 e. The molecule has 1 aromatic heterocycles. The molecular formula is C12H19ClN2O5S. The van der Waals surface area contributed by atoms with Crippen molar-refractivity contribution in [3.8, 4) is 0 Å². The van der Waals surface area contributed by atoms with Crippen LogP contribution in [0.3, 0.4) is 0 Å². The van der Waals surface area contributed by atoms with Crippen molar-refractivity contribution in [3.05, 3.63) is 18.0 Å². The lowest BCUT2D eigenvalue weighted by Crippen LogP contribution is -2.24. The number of rotatable bonds is 10. The van der Waals surface area contributed by atoms with Crippen molar-refractivity contribution >= 4 is 25.6 Å². The maximum atomic E-state index is 11.7. The van der Waals surface area contributed by atoms with Gasteiger partial charge in [0.1, 0.15) is 10.6 Å². The quantitative estimate of drug-likeness (QED) is 0.492. The minimum atomic E-state index is -3.82. The SMILES string of the molecule is COCCOCCCCNC(=O)c1cc(S(=O)(=O)Cl)c[nH]1. The first kappa shape index (κ1) is 18.0. The van der Waals surface area contributed by atoms with Gasteiger partial charge < -0.3 is 19.8 Å². The fourth-order valence-electron chi connectivity index (χ4n) is 1.52. The summed E-state index contributed by atoms with van der Waals surface area (Å²) in [6.45, 7) is 2.21. The van der Waals surface area contributed by atoms with Crippen LogP contribution in [0.2, 0.25) is 0 Å². The number of amides is 1. The lowest BCUT2D eigenvalue weighted by atomic mass is 10.3. The van der Waals surface area contributed by atoms with Gasteiger partial charge in [-0.15, -0.1) is 0 Å². The van der Waals surface area contributed by atoms with Crippen LogP contribution in [0.15, 0.2) is 17.2 Å². The second-order valence-corrected chi connectivity index (χ2v) is 6.82. The Hall–Kier alpha value is -1.09. The smallest absolute Gasteiger partial charge is 0.267 e. The molecule has 9 heteroatoms. The molecule has 1 heterocycles. The summed E-state index contributed by atoms with van der Waals surface area (Å²) >= 11 is 0. The molecule has 120 valence electrons. The van der Waals surface area contributed by atoms with Crippen molar-refractivity contribution in [2.24, 2.45) is 0 Å².